The number of rotatable bonds is 5. The summed E-state index contributed by atoms with van der Waals surface area (Å²) in [5, 5.41) is 2.14. The average molecular weight is 493 g/mol. The number of nitrogens with zero attached hydrogens (tertiary/aromatic N) is 3. The molecule has 1 aromatic carbocycles. The van der Waals surface area contributed by atoms with Gasteiger partial charge in [-0.2, -0.15) is 4.31 Å². The maximum absolute atomic E-state index is 13.6. The molecule has 10 heteroatoms. The number of carbonyl (C=O) groups excluding carboxylic acids is 2. The van der Waals surface area contributed by atoms with E-state index >= 15 is 0 Å². The van der Waals surface area contributed by atoms with Crippen LogP contribution in [0, 0.1) is 19.8 Å². The predicted molar refractivity (Wildman–Crippen MR) is 129 cm³/mol. The largest absolute Gasteiger partial charge is 0.361 e. The Hall–Kier alpha value is -2.01. The molecule has 0 aliphatic carbocycles. The van der Waals surface area contributed by atoms with Gasteiger partial charge in [0.25, 0.3) is 5.91 Å². The van der Waals surface area contributed by atoms with Crippen molar-refractivity contribution >= 4 is 21.8 Å². The molecule has 2 amide bonds. The lowest BCUT2D eigenvalue weighted by Gasteiger charge is -2.40. The lowest BCUT2D eigenvalue weighted by Crippen LogP contribution is -2.63. The first-order valence-electron chi connectivity index (χ1n) is 12.0. The van der Waals surface area contributed by atoms with Gasteiger partial charge in [-0.3, -0.25) is 14.5 Å². The summed E-state index contributed by atoms with van der Waals surface area (Å²) in [6.45, 7) is 11.2. The van der Waals surface area contributed by atoms with Gasteiger partial charge in [-0.15, -0.1) is 0 Å². The molecule has 3 fully saturated rings. The van der Waals surface area contributed by atoms with Gasteiger partial charge in [0.1, 0.15) is 0 Å². The van der Waals surface area contributed by atoms with Gasteiger partial charge < -0.3 is 15.0 Å². The van der Waals surface area contributed by atoms with E-state index in [1.54, 1.807) is 18.7 Å². The SMILES string of the molecule is Cc1ccc(CN2CCN(C(=O)[C@H]3CN(S(=O)(=O)C(C)C)C[C@@]34OCCNC4=O)CC2)cc1C. The molecule has 4 rings (SSSR count). The van der Waals surface area contributed by atoms with Crippen molar-refractivity contribution in [2.75, 3.05) is 52.4 Å². The maximum atomic E-state index is 13.6. The van der Waals surface area contributed by atoms with Crippen LogP contribution in [-0.2, 0) is 30.9 Å². The minimum atomic E-state index is -3.63. The van der Waals surface area contributed by atoms with E-state index in [9.17, 15) is 18.0 Å². The minimum absolute atomic E-state index is 0.0321. The zero-order valence-corrected chi connectivity index (χ0v) is 21.4. The topological polar surface area (TPSA) is 99.3 Å². The second-order valence-electron chi connectivity index (χ2n) is 9.95. The molecular weight excluding hydrogens is 456 g/mol. The summed E-state index contributed by atoms with van der Waals surface area (Å²) in [6, 6.07) is 6.49. The average Bonchev–Trinajstić information content (AvgIpc) is 3.19. The molecule has 3 aliphatic heterocycles. The highest BCUT2D eigenvalue weighted by atomic mass is 32.2. The fraction of sp³-hybridized carbons (Fsp3) is 0.667. The second-order valence-corrected chi connectivity index (χ2v) is 12.4. The molecular formula is C24H36N4O5S. The van der Waals surface area contributed by atoms with Crippen LogP contribution in [0.25, 0.3) is 0 Å². The number of carbonyl (C=O) groups is 2. The standard InChI is InChI=1S/C24H36N4O5S/c1-17(2)34(31,32)28-15-21(24(16-28)23(30)25-7-12-33-24)22(29)27-10-8-26(9-11-27)14-20-6-5-18(3)19(4)13-20/h5-6,13,17,21H,7-12,14-16H2,1-4H3,(H,25,30)/t21-,24-/m1/s1. The molecule has 1 aromatic rings. The van der Waals surface area contributed by atoms with Crippen LogP contribution in [0.3, 0.4) is 0 Å². The Morgan fingerprint density at radius 1 is 1.18 bits per heavy atom. The summed E-state index contributed by atoms with van der Waals surface area (Å²) in [4.78, 5) is 30.6. The van der Waals surface area contributed by atoms with Crippen molar-refractivity contribution in [1.82, 2.24) is 19.4 Å². The predicted octanol–water partition coefficient (Wildman–Crippen LogP) is 0.503. The van der Waals surface area contributed by atoms with Gasteiger partial charge in [-0.25, -0.2) is 8.42 Å². The number of morpholine rings is 1. The van der Waals surface area contributed by atoms with Crippen LogP contribution in [0.2, 0.25) is 0 Å². The van der Waals surface area contributed by atoms with Gasteiger partial charge in [0.05, 0.1) is 24.3 Å². The highest BCUT2D eigenvalue weighted by Gasteiger charge is 2.60. The summed E-state index contributed by atoms with van der Waals surface area (Å²) in [5.41, 5.74) is 2.32. The summed E-state index contributed by atoms with van der Waals surface area (Å²) in [6.07, 6.45) is 0. The molecule has 0 bridgehead atoms. The Bertz CT molecular complexity index is 1050. The number of nitrogens with one attached hydrogen (secondary N) is 1. The van der Waals surface area contributed by atoms with E-state index in [-0.39, 0.29) is 25.6 Å². The number of amides is 2. The van der Waals surface area contributed by atoms with Crippen LogP contribution in [0.5, 0.6) is 0 Å². The van der Waals surface area contributed by atoms with E-state index < -0.39 is 32.7 Å². The Kier molecular flexibility index (Phi) is 7.06. The van der Waals surface area contributed by atoms with Crippen molar-refractivity contribution in [2.45, 2.75) is 45.1 Å². The molecule has 1 N–H and O–H groups in total. The summed E-state index contributed by atoms with van der Waals surface area (Å²) >= 11 is 0. The Morgan fingerprint density at radius 3 is 2.50 bits per heavy atom. The number of benzene rings is 1. The number of hydrogen-bond donors (Lipinski definition) is 1. The zero-order chi connectivity index (χ0) is 24.7. The van der Waals surface area contributed by atoms with Crippen molar-refractivity contribution in [1.29, 1.82) is 0 Å². The van der Waals surface area contributed by atoms with Crippen molar-refractivity contribution < 1.29 is 22.7 Å². The third-order valence-corrected chi connectivity index (χ3v) is 9.60. The van der Waals surface area contributed by atoms with Crippen LogP contribution in [0.15, 0.2) is 18.2 Å². The lowest BCUT2D eigenvalue weighted by atomic mass is 9.87. The highest BCUT2D eigenvalue weighted by Crippen LogP contribution is 2.37. The van der Waals surface area contributed by atoms with Gasteiger partial charge in [0.2, 0.25) is 15.9 Å². The monoisotopic (exact) mass is 492 g/mol. The van der Waals surface area contributed by atoms with Crippen molar-refractivity contribution in [2.24, 2.45) is 5.92 Å². The first kappa shape index (κ1) is 25.1. The van der Waals surface area contributed by atoms with Crippen LogP contribution < -0.4 is 5.32 Å². The molecule has 0 saturated carbocycles. The third kappa shape index (κ3) is 4.60. The van der Waals surface area contributed by atoms with Gasteiger partial charge >= 0.3 is 0 Å². The number of piperazine rings is 1. The molecule has 0 aromatic heterocycles. The van der Waals surface area contributed by atoms with Crippen LogP contribution in [0.1, 0.15) is 30.5 Å². The third-order valence-electron chi connectivity index (χ3n) is 7.41. The molecule has 34 heavy (non-hydrogen) atoms. The van der Waals surface area contributed by atoms with Crippen molar-refractivity contribution in [3.63, 3.8) is 0 Å². The fourth-order valence-electron chi connectivity index (χ4n) is 5.05. The van der Waals surface area contributed by atoms with E-state index in [2.05, 4.69) is 42.3 Å². The van der Waals surface area contributed by atoms with Crippen LogP contribution in [-0.4, -0.2) is 97.6 Å². The summed E-state index contributed by atoms with van der Waals surface area (Å²) in [7, 11) is -3.63. The molecule has 9 nitrogen and oxygen atoms in total. The zero-order valence-electron chi connectivity index (χ0n) is 20.5. The second kappa shape index (κ2) is 9.56. The van der Waals surface area contributed by atoms with Gasteiger partial charge in [0.15, 0.2) is 5.60 Å². The van der Waals surface area contributed by atoms with E-state index in [0.717, 1.165) is 19.6 Å². The molecule has 3 saturated heterocycles. The molecule has 0 radical (unpaired) electrons. The molecule has 3 aliphatic rings. The molecule has 3 heterocycles. The van der Waals surface area contributed by atoms with Gasteiger partial charge in [0, 0.05) is 45.8 Å². The smallest absolute Gasteiger partial charge is 0.254 e. The molecule has 0 unspecified atom stereocenters. The maximum Gasteiger partial charge on any atom is 0.254 e. The Labute approximate surface area is 202 Å². The number of aryl methyl sites for hydroxylation is 2. The Balaban J connectivity index is 1.46. The Morgan fingerprint density at radius 2 is 1.88 bits per heavy atom. The van der Waals surface area contributed by atoms with Gasteiger partial charge in [-0.05, 0) is 44.4 Å². The van der Waals surface area contributed by atoms with E-state index in [4.69, 9.17) is 4.74 Å². The van der Waals surface area contributed by atoms with E-state index in [1.807, 2.05) is 0 Å². The molecule has 188 valence electrons. The van der Waals surface area contributed by atoms with Gasteiger partial charge in [-0.1, -0.05) is 18.2 Å². The molecule has 2 atom stereocenters. The quantitative estimate of drug-likeness (QED) is 0.643. The molecule has 1 spiro atoms. The lowest BCUT2D eigenvalue weighted by molar-refractivity contribution is -0.167. The van der Waals surface area contributed by atoms with E-state index in [1.165, 1.54) is 21.0 Å². The minimum Gasteiger partial charge on any atom is -0.361 e. The summed E-state index contributed by atoms with van der Waals surface area (Å²) < 4.78 is 32.9. The number of ether oxygens (including phenoxy) is 1. The first-order valence-corrected chi connectivity index (χ1v) is 13.5. The number of sulfonamides is 1. The normalized spacial score (nSPS) is 26.9. The van der Waals surface area contributed by atoms with Crippen molar-refractivity contribution in [3.05, 3.63) is 34.9 Å². The fourth-order valence-corrected chi connectivity index (χ4v) is 6.38. The van der Waals surface area contributed by atoms with Crippen LogP contribution >= 0.6 is 0 Å². The van der Waals surface area contributed by atoms with E-state index in [0.29, 0.717) is 19.6 Å². The highest BCUT2D eigenvalue weighted by molar-refractivity contribution is 7.89. The van der Waals surface area contributed by atoms with Crippen molar-refractivity contribution in [3.8, 4) is 0 Å². The number of hydrogen-bond acceptors (Lipinski definition) is 6. The van der Waals surface area contributed by atoms with Crippen LogP contribution in [0.4, 0.5) is 0 Å². The summed E-state index contributed by atoms with van der Waals surface area (Å²) in [5.74, 6) is -1.45. The first-order chi connectivity index (χ1) is 16.0.